The minimum atomic E-state index is -0.0247. The number of hydrogen-bond donors (Lipinski definition) is 1. The molecule has 1 fully saturated rings. The minimum absolute atomic E-state index is 0.0247. The van der Waals surface area contributed by atoms with Crippen LogP contribution >= 0.6 is 11.6 Å². The maximum absolute atomic E-state index is 6.00. The molecule has 0 aliphatic carbocycles. The number of benzene rings is 1. The molecule has 2 N–H and O–H groups in total. The Morgan fingerprint density at radius 3 is 2.93 bits per heavy atom. The van der Waals surface area contributed by atoms with Crippen molar-refractivity contribution in [3.63, 3.8) is 0 Å². The van der Waals surface area contributed by atoms with Crippen molar-refractivity contribution in [1.82, 2.24) is 0 Å². The van der Waals surface area contributed by atoms with Crippen molar-refractivity contribution < 1.29 is 4.74 Å². The lowest BCUT2D eigenvalue weighted by molar-refractivity contribution is 0.0377. The summed E-state index contributed by atoms with van der Waals surface area (Å²) in [6, 6.07) is 7.96. The molecule has 82 valence electrons. The first-order valence-corrected chi connectivity index (χ1v) is 5.68. The van der Waals surface area contributed by atoms with Crippen LogP contribution in [0.25, 0.3) is 0 Å². The van der Waals surface area contributed by atoms with Gasteiger partial charge in [0.2, 0.25) is 0 Å². The molecule has 1 aliphatic rings. The summed E-state index contributed by atoms with van der Waals surface area (Å²) >= 11 is 6.00. The SMILES string of the molecule is NCC1(c2cccc(Cl)c2)CCCOC1. The van der Waals surface area contributed by atoms with E-state index in [4.69, 9.17) is 22.1 Å². The zero-order chi connectivity index (χ0) is 10.7. The predicted molar refractivity (Wildman–Crippen MR) is 62.2 cm³/mol. The first-order chi connectivity index (χ1) is 7.27. The summed E-state index contributed by atoms with van der Waals surface area (Å²) < 4.78 is 5.55. The molecule has 0 saturated carbocycles. The molecule has 1 atom stereocenters. The van der Waals surface area contributed by atoms with E-state index in [-0.39, 0.29) is 5.41 Å². The van der Waals surface area contributed by atoms with Crippen LogP contribution < -0.4 is 5.73 Å². The van der Waals surface area contributed by atoms with E-state index in [2.05, 4.69) is 6.07 Å². The Morgan fingerprint density at radius 1 is 1.47 bits per heavy atom. The van der Waals surface area contributed by atoms with Gasteiger partial charge in [-0.15, -0.1) is 0 Å². The molecule has 0 aromatic heterocycles. The third kappa shape index (κ3) is 2.17. The van der Waals surface area contributed by atoms with Crippen molar-refractivity contribution >= 4 is 11.6 Å². The molecule has 1 heterocycles. The lowest BCUT2D eigenvalue weighted by Gasteiger charge is -2.36. The Kier molecular flexibility index (Phi) is 3.29. The smallest absolute Gasteiger partial charge is 0.0575 e. The molecule has 2 rings (SSSR count). The van der Waals surface area contributed by atoms with Gasteiger partial charge >= 0.3 is 0 Å². The summed E-state index contributed by atoms with van der Waals surface area (Å²) in [5.74, 6) is 0. The highest BCUT2D eigenvalue weighted by atomic mass is 35.5. The van der Waals surface area contributed by atoms with E-state index in [1.165, 1.54) is 5.56 Å². The van der Waals surface area contributed by atoms with Crippen molar-refractivity contribution in [3.8, 4) is 0 Å². The fourth-order valence-electron chi connectivity index (χ4n) is 2.18. The molecule has 0 radical (unpaired) electrons. The molecule has 0 spiro atoms. The van der Waals surface area contributed by atoms with Crippen LogP contribution in [0.2, 0.25) is 5.02 Å². The predicted octanol–water partition coefficient (Wildman–Crippen LogP) is 2.35. The highest BCUT2D eigenvalue weighted by Crippen LogP contribution is 2.33. The van der Waals surface area contributed by atoms with Crippen LogP contribution in [0.5, 0.6) is 0 Å². The average molecular weight is 226 g/mol. The van der Waals surface area contributed by atoms with Gasteiger partial charge in [0.25, 0.3) is 0 Å². The van der Waals surface area contributed by atoms with E-state index in [0.717, 1.165) is 24.5 Å². The molecular formula is C12H16ClNO. The maximum atomic E-state index is 6.00. The Balaban J connectivity index is 2.32. The monoisotopic (exact) mass is 225 g/mol. The van der Waals surface area contributed by atoms with Gasteiger partial charge in [-0.1, -0.05) is 23.7 Å². The van der Waals surface area contributed by atoms with E-state index < -0.39 is 0 Å². The van der Waals surface area contributed by atoms with Gasteiger partial charge in [0.05, 0.1) is 6.61 Å². The highest BCUT2D eigenvalue weighted by Gasteiger charge is 2.33. The molecule has 15 heavy (non-hydrogen) atoms. The third-order valence-electron chi connectivity index (χ3n) is 3.15. The van der Waals surface area contributed by atoms with E-state index in [9.17, 15) is 0 Å². The van der Waals surface area contributed by atoms with Gasteiger partial charge in [-0.25, -0.2) is 0 Å². The summed E-state index contributed by atoms with van der Waals surface area (Å²) in [6.45, 7) is 2.18. The quantitative estimate of drug-likeness (QED) is 0.839. The molecule has 1 saturated heterocycles. The van der Waals surface area contributed by atoms with Crippen molar-refractivity contribution in [3.05, 3.63) is 34.9 Å². The highest BCUT2D eigenvalue weighted by molar-refractivity contribution is 6.30. The van der Waals surface area contributed by atoms with Gasteiger partial charge in [0, 0.05) is 23.6 Å². The fourth-order valence-corrected chi connectivity index (χ4v) is 2.37. The maximum Gasteiger partial charge on any atom is 0.0575 e. The summed E-state index contributed by atoms with van der Waals surface area (Å²) in [5, 5.41) is 0.769. The third-order valence-corrected chi connectivity index (χ3v) is 3.39. The van der Waals surface area contributed by atoms with Crippen molar-refractivity contribution in [2.75, 3.05) is 19.8 Å². The first-order valence-electron chi connectivity index (χ1n) is 5.31. The number of halogens is 1. The average Bonchev–Trinajstić information content (AvgIpc) is 2.30. The fraction of sp³-hybridized carbons (Fsp3) is 0.500. The molecule has 2 nitrogen and oxygen atoms in total. The van der Waals surface area contributed by atoms with E-state index in [1.807, 2.05) is 18.2 Å². The number of hydrogen-bond acceptors (Lipinski definition) is 2. The molecule has 0 amide bonds. The second-order valence-electron chi connectivity index (χ2n) is 4.15. The second kappa shape index (κ2) is 4.52. The van der Waals surface area contributed by atoms with Gasteiger partial charge < -0.3 is 10.5 Å². The topological polar surface area (TPSA) is 35.2 Å². The van der Waals surface area contributed by atoms with Crippen LogP contribution in [-0.4, -0.2) is 19.8 Å². The largest absolute Gasteiger partial charge is 0.380 e. The molecule has 1 aromatic rings. The normalized spacial score (nSPS) is 26.5. The van der Waals surface area contributed by atoms with E-state index in [1.54, 1.807) is 0 Å². The van der Waals surface area contributed by atoms with Gasteiger partial charge in [0.15, 0.2) is 0 Å². The van der Waals surface area contributed by atoms with Crippen molar-refractivity contribution in [2.24, 2.45) is 5.73 Å². The molecular weight excluding hydrogens is 210 g/mol. The van der Waals surface area contributed by atoms with Crippen LogP contribution in [0.15, 0.2) is 24.3 Å². The zero-order valence-electron chi connectivity index (χ0n) is 8.71. The number of rotatable bonds is 2. The van der Waals surface area contributed by atoms with Crippen LogP contribution in [0.4, 0.5) is 0 Å². The van der Waals surface area contributed by atoms with Gasteiger partial charge in [-0.2, -0.15) is 0 Å². The van der Waals surface area contributed by atoms with Crippen LogP contribution in [0.1, 0.15) is 18.4 Å². The van der Waals surface area contributed by atoms with Gasteiger partial charge in [0.1, 0.15) is 0 Å². The van der Waals surface area contributed by atoms with Crippen molar-refractivity contribution in [2.45, 2.75) is 18.3 Å². The second-order valence-corrected chi connectivity index (χ2v) is 4.59. The number of ether oxygens (including phenoxy) is 1. The summed E-state index contributed by atoms with van der Waals surface area (Å²) in [7, 11) is 0. The van der Waals surface area contributed by atoms with E-state index >= 15 is 0 Å². The van der Waals surface area contributed by atoms with E-state index in [0.29, 0.717) is 13.2 Å². The summed E-state index contributed by atoms with van der Waals surface area (Å²) in [6.07, 6.45) is 2.16. The molecule has 1 unspecified atom stereocenters. The molecule has 1 aromatic carbocycles. The Bertz CT molecular complexity index is 334. The van der Waals surface area contributed by atoms with Gasteiger partial charge in [-0.3, -0.25) is 0 Å². The van der Waals surface area contributed by atoms with Crippen LogP contribution in [-0.2, 0) is 10.2 Å². The lowest BCUT2D eigenvalue weighted by Crippen LogP contribution is -2.42. The van der Waals surface area contributed by atoms with Crippen molar-refractivity contribution in [1.29, 1.82) is 0 Å². The minimum Gasteiger partial charge on any atom is -0.380 e. The Morgan fingerprint density at radius 2 is 2.33 bits per heavy atom. The Labute approximate surface area is 95.4 Å². The molecule has 1 aliphatic heterocycles. The van der Waals surface area contributed by atoms with Gasteiger partial charge in [-0.05, 0) is 30.5 Å². The lowest BCUT2D eigenvalue weighted by atomic mass is 9.76. The Hall–Kier alpha value is -0.570. The first kappa shape index (κ1) is 10.9. The standard InChI is InChI=1S/C12H16ClNO/c13-11-4-1-3-10(7-11)12(8-14)5-2-6-15-9-12/h1,3-4,7H,2,5-6,8-9,14H2. The summed E-state index contributed by atoms with van der Waals surface area (Å²) in [5.41, 5.74) is 7.08. The van der Waals surface area contributed by atoms with Crippen LogP contribution in [0.3, 0.4) is 0 Å². The number of nitrogens with two attached hydrogens (primary N) is 1. The molecule has 0 bridgehead atoms. The molecule has 3 heteroatoms. The zero-order valence-corrected chi connectivity index (χ0v) is 9.46. The van der Waals surface area contributed by atoms with Crippen LogP contribution in [0, 0.1) is 0 Å². The summed E-state index contributed by atoms with van der Waals surface area (Å²) in [4.78, 5) is 0.